The van der Waals surface area contributed by atoms with Crippen LogP contribution in [0.2, 0.25) is 0 Å². The van der Waals surface area contributed by atoms with Crippen molar-refractivity contribution in [3.63, 3.8) is 0 Å². The van der Waals surface area contributed by atoms with Crippen molar-refractivity contribution in [1.82, 2.24) is 9.97 Å². The molecule has 0 unspecified atom stereocenters. The fraction of sp³-hybridized carbons (Fsp3) is 0.111. The topological polar surface area (TPSA) is 81.2 Å². The number of aromatic nitrogens is 2. The van der Waals surface area contributed by atoms with Crippen molar-refractivity contribution in [2.75, 3.05) is 4.72 Å². The summed E-state index contributed by atoms with van der Waals surface area (Å²) in [5.41, 5.74) is 1.57. The Hall–Kier alpha value is -2.45. The molecule has 0 saturated heterocycles. The van der Waals surface area contributed by atoms with E-state index in [-0.39, 0.29) is 23.2 Å². The normalized spacial score (nSPS) is 11.2. The molecule has 1 aromatic heterocycles. The predicted octanol–water partition coefficient (Wildman–Crippen LogP) is 3.93. The predicted molar refractivity (Wildman–Crippen MR) is 102 cm³/mol. The molecule has 1 heterocycles. The van der Waals surface area contributed by atoms with Crippen LogP contribution in [-0.2, 0) is 16.6 Å². The number of nitrogens with one attached hydrogen (secondary N) is 1. The van der Waals surface area contributed by atoms with E-state index in [0.717, 1.165) is 5.56 Å². The molecule has 6 nitrogen and oxygen atoms in total. The van der Waals surface area contributed by atoms with E-state index in [1.165, 1.54) is 12.3 Å². The molecule has 2 aromatic carbocycles. The maximum Gasteiger partial charge on any atom is 0.263 e. The van der Waals surface area contributed by atoms with Crippen molar-refractivity contribution in [3.8, 4) is 5.88 Å². The first-order valence-corrected chi connectivity index (χ1v) is 10.0. The van der Waals surface area contributed by atoms with E-state index < -0.39 is 10.0 Å². The second-order valence-electron chi connectivity index (χ2n) is 5.49. The van der Waals surface area contributed by atoms with Gasteiger partial charge < -0.3 is 4.74 Å². The number of rotatable bonds is 6. The smallest absolute Gasteiger partial charge is 0.263 e. The summed E-state index contributed by atoms with van der Waals surface area (Å²) in [7, 11) is -3.81. The standard InChI is InChI=1S/C18H16BrN3O3S/c1-13-7-5-6-10-15(13)26(23,24)22-17-18(21-16(19)11-20-17)25-12-14-8-3-2-4-9-14/h2-11H,12H2,1H3,(H,20,22). The molecule has 1 N–H and O–H groups in total. The summed E-state index contributed by atoms with van der Waals surface area (Å²) in [6.45, 7) is 1.97. The number of sulfonamides is 1. The van der Waals surface area contributed by atoms with Crippen LogP contribution >= 0.6 is 15.9 Å². The van der Waals surface area contributed by atoms with Crippen molar-refractivity contribution < 1.29 is 13.2 Å². The highest BCUT2D eigenvalue weighted by Gasteiger charge is 2.20. The second-order valence-corrected chi connectivity index (χ2v) is 7.96. The molecular formula is C18H16BrN3O3S. The van der Waals surface area contributed by atoms with Crippen molar-refractivity contribution in [2.24, 2.45) is 0 Å². The van der Waals surface area contributed by atoms with E-state index in [1.54, 1.807) is 25.1 Å². The van der Waals surface area contributed by atoms with Crippen LogP contribution in [0, 0.1) is 6.92 Å². The number of hydrogen-bond acceptors (Lipinski definition) is 5. The summed E-state index contributed by atoms with van der Waals surface area (Å²) >= 11 is 3.23. The number of benzene rings is 2. The lowest BCUT2D eigenvalue weighted by molar-refractivity contribution is 0.294. The molecule has 0 atom stereocenters. The number of ether oxygens (including phenoxy) is 1. The summed E-state index contributed by atoms with van der Waals surface area (Å²) in [5.74, 6) is 0.132. The minimum atomic E-state index is -3.81. The van der Waals surface area contributed by atoms with Crippen LogP contribution in [0.4, 0.5) is 5.82 Å². The summed E-state index contributed by atoms with van der Waals surface area (Å²) in [4.78, 5) is 8.48. The van der Waals surface area contributed by atoms with Gasteiger partial charge in [0.05, 0.1) is 11.1 Å². The molecule has 0 fully saturated rings. The molecule has 26 heavy (non-hydrogen) atoms. The highest BCUT2D eigenvalue weighted by Crippen LogP contribution is 2.26. The Bertz CT molecular complexity index is 1010. The van der Waals surface area contributed by atoms with Gasteiger partial charge in [0.1, 0.15) is 11.2 Å². The van der Waals surface area contributed by atoms with Crippen LogP contribution in [0.1, 0.15) is 11.1 Å². The Morgan fingerprint density at radius 1 is 1.08 bits per heavy atom. The zero-order valence-electron chi connectivity index (χ0n) is 13.9. The zero-order chi connectivity index (χ0) is 18.6. The SMILES string of the molecule is Cc1ccccc1S(=O)(=O)Nc1ncc(Br)nc1OCc1ccccc1. The lowest BCUT2D eigenvalue weighted by Gasteiger charge is -2.13. The zero-order valence-corrected chi connectivity index (χ0v) is 16.3. The lowest BCUT2D eigenvalue weighted by Crippen LogP contribution is -2.16. The summed E-state index contributed by atoms with van der Waals surface area (Å²) in [6.07, 6.45) is 1.41. The number of aryl methyl sites for hydroxylation is 1. The van der Waals surface area contributed by atoms with Gasteiger partial charge >= 0.3 is 0 Å². The van der Waals surface area contributed by atoms with Gasteiger partial charge in [-0.05, 0) is 40.0 Å². The number of hydrogen-bond donors (Lipinski definition) is 1. The minimum absolute atomic E-state index is 0.0346. The summed E-state index contributed by atoms with van der Waals surface area (Å²) < 4.78 is 34.0. The van der Waals surface area contributed by atoms with E-state index in [2.05, 4.69) is 30.6 Å². The van der Waals surface area contributed by atoms with Gasteiger partial charge in [-0.25, -0.2) is 18.4 Å². The molecule has 3 rings (SSSR count). The van der Waals surface area contributed by atoms with Gasteiger partial charge in [0.25, 0.3) is 15.9 Å². The van der Waals surface area contributed by atoms with Crippen LogP contribution in [-0.4, -0.2) is 18.4 Å². The van der Waals surface area contributed by atoms with E-state index in [9.17, 15) is 8.42 Å². The number of nitrogens with zero attached hydrogens (tertiary/aromatic N) is 2. The minimum Gasteiger partial charge on any atom is -0.470 e. The van der Waals surface area contributed by atoms with E-state index in [1.807, 2.05) is 30.3 Å². The molecule has 3 aromatic rings. The van der Waals surface area contributed by atoms with Gasteiger partial charge in [-0.2, -0.15) is 0 Å². The van der Waals surface area contributed by atoms with Crippen LogP contribution in [0.5, 0.6) is 5.88 Å². The molecule has 0 amide bonds. The van der Waals surface area contributed by atoms with E-state index in [0.29, 0.717) is 10.2 Å². The van der Waals surface area contributed by atoms with Gasteiger partial charge in [0, 0.05) is 0 Å². The molecule has 0 radical (unpaired) electrons. The Balaban J connectivity index is 1.87. The molecule has 0 aliphatic heterocycles. The second kappa shape index (κ2) is 7.84. The fourth-order valence-corrected chi connectivity index (χ4v) is 3.81. The Labute approximate surface area is 160 Å². The molecule has 0 aliphatic carbocycles. The molecule has 0 spiro atoms. The molecule has 0 bridgehead atoms. The van der Waals surface area contributed by atoms with Crippen LogP contribution < -0.4 is 9.46 Å². The number of halogens is 1. The van der Waals surface area contributed by atoms with Gasteiger partial charge in [-0.1, -0.05) is 48.5 Å². The summed E-state index contributed by atoms with van der Waals surface area (Å²) in [5, 5.41) is 0. The third-order valence-electron chi connectivity index (χ3n) is 3.54. The van der Waals surface area contributed by atoms with Crippen LogP contribution in [0.3, 0.4) is 0 Å². The Morgan fingerprint density at radius 2 is 1.77 bits per heavy atom. The lowest BCUT2D eigenvalue weighted by atomic mass is 10.2. The maximum atomic E-state index is 12.7. The van der Waals surface area contributed by atoms with E-state index >= 15 is 0 Å². The Morgan fingerprint density at radius 3 is 2.50 bits per heavy atom. The van der Waals surface area contributed by atoms with Crippen LogP contribution in [0.25, 0.3) is 0 Å². The van der Waals surface area contributed by atoms with Gasteiger partial charge in [-0.3, -0.25) is 4.72 Å². The quantitative estimate of drug-likeness (QED) is 0.636. The van der Waals surface area contributed by atoms with Crippen molar-refractivity contribution >= 4 is 31.8 Å². The molecule has 8 heteroatoms. The van der Waals surface area contributed by atoms with Gasteiger partial charge in [0.2, 0.25) is 5.82 Å². The highest BCUT2D eigenvalue weighted by molar-refractivity contribution is 9.10. The van der Waals surface area contributed by atoms with Crippen molar-refractivity contribution in [2.45, 2.75) is 18.4 Å². The largest absolute Gasteiger partial charge is 0.470 e. The highest BCUT2D eigenvalue weighted by atomic mass is 79.9. The van der Waals surface area contributed by atoms with Gasteiger partial charge in [0.15, 0.2) is 0 Å². The first-order valence-electron chi connectivity index (χ1n) is 7.73. The Kier molecular flexibility index (Phi) is 5.53. The van der Waals surface area contributed by atoms with Crippen LogP contribution in [0.15, 0.2) is 70.3 Å². The first-order chi connectivity index (χ1) is 12.5. The fourth-order valence-electron chi connectivity index (χ4n) is 2.29. The molecular weight excluding hydrogens is 418 g/mol. The van der Waals surface area contributed by atoms with E-state index in [4.69, 9.17) is 4.74 Å². The monoisotopic (exact) mass is 433 g/mol. The van der Waals surface area contributed by atoms with Crippen molar-refractivity contribution in [1.29, 1.82) is 0 Å². The molecule has 0 aliphatic rings. The molecule has 134 valence electrons. The number of anilines is 1. The average molecular weight is 434 g/mol. The van der Waals surface area contributed by atoms with Crippen molar-refractivity contribution in [3.05, 3.63) is 76.5 Å². The molecule has 0 saturated carbocycles. The average Bonchev–Trinajstić information content (AvgIpc) is 2.63. The first kappa shape index (κ1) is 18.3. The third-order valence-corrected chi connectivity index (χ3v) is 5.42. The summed E-state index contributed by atoms with van der Waals surface area (Å²) in [6, 6.07) is 16.2. The van der Waals surface area contributed by atoms with Gasteiger partial charge in [-0.15, -0.1) is 0 Å². The third kappa shape index (κ3) is 4.39. The maximum absolute atomic E-state index is 12.7.